The number of aliphatic hydroxyl groups excluding tert-OH is 1. The van der Waals surface area contributed by atoms with E-state index >= 15 is 4.11 Å². The van der Waals surface area contributed by atoms with Crippen LogP contribution in [0.25, 0.3) is 0 Å². The molecule has 0 aromatic heterocycles. The van der Waals surface area contributed by atoms with Crippen LogP contribution in [0.15, 0.2) is 0 Å². The molecule has 0 rings (SSSR count). The summed E-state index contributed by atoms with van der Waals surface area (Å²) in [5, 5.41) is 7.99. The molecule has 1 atom stereocenters. The lowest BCUT2D eigenvalue weighted by atomic mass is 10.2. The monoisotopic (exact) mass is 322 g/mol. The van der Waals surface area contributed by atoms with E-state index in [4.69, 9.17) is 14.3 Å². The fourth-order valence-electron chi connectivity index (χ4n) is 2.45. The number of hydrogen-bond acceptors (Lipinski definition) is 4. The van der Waals surface area contributed by atoms with Crippen LogP contribution in [-0.4, -0.2) is 39.0 Å². The Labute approximate surface area is 129 Å². The van der Waals surface area contributed by atoms with Crippen LogP contribution >= 0.6 is 0 Å². The first kappa shape index (κ1) is 20.5. The van der Waals surface area contributed by atoms with Gasteiger partial charge in [-0.1, -0.05) is 41.5 Å². The summed E-state index contributed by atoms with van der Waals surface area (Å²) >= 11 is 0. The zero-order chi connectivity index (χ0) is 16.9. The predicted molar refractivity (Wildman–Crippen MR) is 84.1 cm³/mol. The molecular formula is C15H31FO4Si. The first-order chi connectivity index (χ1) is 9.35. The quantitative estimate of drug-likeness (QED) is 0.441. The molecular weight excluding hydrogens is 291 g/mol. The third kappa shape index (κ3) is 6.04. The number of carbonyl (C=O) groups excluding carboxylic acids is 1. The second kappa shape index (κ2) is 7.69. The van der Waals surface area contributed by atoms with Gasteiger partial charge < -0.3 is 14.3 Å². The molecule has 1 unspecified atom stereocenters. The van der Waals surface area contributed by atoms with Crippen LogP contribution in [0.5, 0.6) is 0 Å². The van der Waals surface area contributed by atoms with Crippen LogP contribution in [0, 0.1) is 0 Å². The van der Waals surface area contributed by atoms with Crippen molar-refractivity contribution in [1.82, 2.24) is 0 Å². The van der Waals surface area contributed by atoms with Crippen molar-refractivity contribution in [3.63, 3.8) is 0 Å². The van der Waals surface area contributed by atoms with Gasteiger partial charge in [-0.3, -0.25) is 8.90 Å². The van der Waals surface area contributed by atoms with Gasteiger partial charge >= 0.3 is 14.6 Å². The van der Waals surface area contributed by atoms with Crippen molar-refractivity contribution in [1.29, 1.82) is 0 Å². The molecule has 126 valence electrons. The number of rotatable bonds is 7. The van der Waals surface area contributed by atoms with Gasteiger partial charge in [0.1, 0.15) is 0 Å². The Kier molecular flexibility index (Phi) is 7.53. The molecule has 0 aromatic carbocycles. The van der Waals surface area contributed by atoms with Crippen molar-refractivity contribution in [2.24, 2.45) is 0 Å². The molecule has 0 amide bonds. The van der Waals surface area contributed by atoms with Crippen molar-refractivity contribution < 1.29 is 23.2 Å². The Hall–Kier alpha value is -0.463. The summed E-state index contributed by atoms with van der Waals surface area (Å²) in [6.45, 7) is 12.6. The van der Waals surface area contributed by atoms with E-state index in [0.29, 0.717) is 12.8 Å². The molecule has 0 aromatic rings. The van der Waals surface area contributed by atoms with Crippen LogP contribution in [0.4, 0.5) is 4.11 Å². The number of esters is 1. The largest absolute Gasteiger partial charge is 0.466 e. The average Bonchev–Trinajstić information content (AvgIpc) is 2.25. The van der Waals surface area contributed by atoms with E-state index in [-0.39, 0.29) is 19.2 Å². The van der Waals surface area contributed by atoms with Gasteiger partial charge in [0, 0.05) is 30.0 Å². The van der Waals surface area contributed by atoms with Crippen LogP contribution in [0.1, 0.15) is 61.3 Å². The normalized spacial score (nSPS) is 14.9. The van der Waals surface area contributed by atoms with Gasteiger partial charge in [-0.05, 0) is 6.42 Å². The zero-order valence-corrected chi connectivity index (χ0v) is 15.5. The maximum atomic E-state index is 15.7. The first-order valence-corrected chi connectivity index (χ1v) is 9.24. The Morgan fingerprint density at radius 2 is 1.62 bits per heavy atom. The van der Waals surface area contributed by atoms with E-state index in [1.165, 1.54) is 6.92 Å². The van der Waals surface area contributed by atoms with Crippen LogP contribution in [-0.2, 0) is 14.0 Å². The SMILES string of the molecule is CC(=O)OCCC(CCO)O[Si](F)(C(C)(C)C)C(C)(C)C. The highest BCUT2D eigenvalue weighted by atomic mass is 28.4. The standard InChI is InChI=1S/C15H31FO4Si/c1-12(18)19-11-9-13(8-10-17)20-21(16,14(2,3)4)15(5,6)7/h13,17H,8-11H2,1-7H3. The van der Waals surface area contributed by atoms with E-state index in [1.54, 1.807) is 0 Å². The molecule has 4 nitrogen and oxygen atoms in total. The Bertz CT molecular complexity index is 320. The molecule has 6 heteroatoms. The van der Waals surface area contributed by atoms with E-state index in [9.17, 15) is 4.79 Å². The molecule has 0 aliphatic carbocycles. The van der Waals surface area contributed by atoms with Crippen LogP contribution in [0.2, 0.25) is 10.1 Å². The molecule has 0 aliphatic heterocycles. The summed E-state index contributed by atoms with van der Waals surface area (Å²) < 4.78 is 26.5. The van der Waals surface area contributed by atoms with Crippen LogP contribution < -0.4 is 0 Å². The third-order valence-corrected chi connectivity index (χ3v) is 7.97. The molecule has 0 spiro atoms. The van der Waals surface area contributed by atoms with Crippen molar-refractivity contribution in [3.8, 4) is 0 Å². The summed E-state index contributed by atoms with van der Waals surface area (Å²) in [6.07, 6.45) is 0.293. The van der Waals surface area contributed by atoms with E-state index in [1.807, 2.05) is 41.5 Å². The number of hydrogen-bond donors (Lipinski definition) is 1. The highest BCUT2D eigenvalue weighted by Crippen LogP contribution is 2.53. The molecule has 0 bridgehead atoms. The highest BCUT2D eigenvalue weighted by molar-refractivity contribution is 6.72. The lowest BCUT2D eigenvalue weighted by Gasteiger charge is -2.45. The molecule has 0 saturated heterocycles. The number of carbonyl (C=O) groups is 1. The molecule has 0 fully saturated rings. The molecule has 0 saturated carbocycles. The number of ether oxygens (including phenoxy) is 1. The molecule has 1 N–H and O–H groups in total. The minimum atomic E-state index is -3.58. The van der Waals surface area contributed by atoms with Crippen molar-refractivity contribution in [3.05, 3.63) is 0 Å². The third-order valence-electron chi connectivity index (χ3n) is 3.45. The summed E-state index contributed by atoms with van der Waals surface area (Å²) in [4.78, 5) is 10.8. The van der Waals surface area contributed by atoms with Gasteiger partial charge in [0.05, 0.1) is 12.7 Å². The summed E-state index contributed by atoms with van der Waals surface area (Å²) in [6, 6.07) is 0. The minimum absolute atomic E-state index is 0.0799. The van der Waals surface area contributed by atoms with Gasteiger partial charge in [-0.25, -0.2) is 0 Å². The van der Waals surface area contributed by atoms with E-state index in [2.05, 4.69) is 0 Å². The Balaban J connectivity index is 5.03. The Morgan fingerprint density at radius 3 is 1.95 bits per heavy atom. The van der Waals surface area contributed by atoms with Crippen molar-refractivity contribution in [2.45, 2.75) is 77.5 Å². The fourth-order valence-corrected chi connectivity index (χ4v) is 6.10. The lowest BCUT2D eigenvalue weighted by molar-refractivity contribution is -0.141. The smallest absolute Gasteiger partial charge is 0.394 e. The lowest BCUT2D eigenvalue weighted by Crippen LogP contribution is -2.53. The van der Waals surface area contributed by atoms with Crippen molar-refractivity contribution in [2.75, 3.05) is 13.2 Å². The highest BCUT2D eigenvalue weighted by Gasteiger charge is 2.58. The molecule has 21 heavy (non-hydrogen) atoms. The van der Waals surface area contributed by atoms with E-state index in [0.717, 1.165) is 0 Å². The van der Waals surface area contributed by atoms with Crippen molar-refractivity contribution >= 4 is 14.6 Å². The maximum absolute atomic E-state index is 15.7. The second-order valence-electron chi connectivity index (χ2n) is 7.48. The van der Waals surface area contributed by atoms with Gasteiger partial charge in [-0.15, -0.1) is 0 Å². The molecule has 0 aliphatic rings. The summed E-state index contributed by atoms with van der Waals surface area (Å²) in [5.74, 6) is -0.367. The minimum Gasteiger partial charge on any atom is -0.466 e. The summed E-state index contributed by atoms with van der Waals surface area (Å²) in [5.41, 5.74) is 0. The maximum Gasteiger partial charge on any atom is 0.394 e. The van der Waals surface area contributed by atoms with Gasteiger partial charge in [0.2, 0.25) is 0 Å². The number of aliphatic hydroxyl groups is 1. The molecule has 0 radical (unpaired) electrons. The van der Waals surface area contributed by atoms with Gasteiger partial charge in [0.15, 0.2) is 0 Å². The predicted octanol–water partition coefficient (Wildman–Crippen LogP) is 3.72. The van der Waals surface area contributed by atoms with Crippen LogP contribution in [0.3, 0.4) is 0 Å². The van der Waals surface area contributed by atoms with E-state index < -0.39 is 24.8 Å². The van der Waals surface area contributed by atoms with Gasteiger partial charge in [-0.2, -0.15) is 0 Å². The topological polar surface area (TPSA) is 55.8 Å². The zero-order valence-electron chi connectivity index (χ0n) is 14.5. The number of halogens is 1. The second-order valence-corrected chi connectivity index (χ2v) is 11.9. The van der Waals surface area contributed by atoms with Gasteiger partial charge in [0.25, 0.3) is 0 Å². The molecule has 0 heterocycles. The summed E-state index contributed by atoms with van der Waals surface area (Å²) in [7, 11) is -3.58. The average molecular weight is 322 g/mol. The first-order valence-electron chi connectivity index (χ1n) is 7.46. The Morgan fingerprint density at radius 1 is 1.14 bits per heavy atom. The fraction of sp³-hybridized carbons (Fsp3) is 0.933.